The average Bonchev–Trinajstić information content (AvgIpc) is 2.89. The number of aromatic nitrogens is 1. The molecule has 1 amide bonds. The van der Waals surface area contributed by atoms with E-state index < -0.39 is 0 Å². The maximum absolute atomic E-state index is 12.5. The smallest absolute Gasteiger partial charge is 0.253 e. The molecule has 1 aliphatic rings. The van der Waals surface area contributed by atoms with Crippen LogP contribution in [0.1, 0.15) is 28.0 Å². The van der Waals surface area contributed by atoms with E-state index in [1.807, 2.05) is 24.3 Å². The summed E-state index contributed by atoms with van der Waals surface area (Å²) in [5.74, 6) is 0.0343. The van der Waals surface area contributed by atoms with Crippen molar-refractivity contribution in [2.24, 2.45) is 0 Å². The second-order valence-corrected chi connectivity index (χ2v) is 6.24. The fourth-order valence-electron chi connectivity index (χ4n) is 3.46. The number of para-hydroxylation sites is 1. The van der Waals surface area contributed by atoms with Crippen LogP contribution in [0.2, 0.25) is 0 Å². The van der Waals surface area contributed by atoms with Crippen molar-refractivity contribution < 1.29 is 4.79 Å². The lowest BCUT2D eigenvalue weighted by atomic mass is 10.1. The highest BCUT2D eigenvalue weighted by Gasteiger charge is 2.24. The molecule has 120 valence electrons. The van der Waals surface area contributed by atoms with Crippen LogP contribution in [-0.4, -0.2) is 17.0 Å². The molecule has 0 atom stereocenters. The number of fused-ring (bicyclic) bond motifs is 1. The molecular weight excluding hydrogens is 296 g/mol. The molecule has 0 saturated carbocycles. The lowest BCUT2D eigenvalue weighted by Crippen LogP contribution is -2.22. The van der Waals surface area contributed by atoms with Crippen LogP contribution in [0.15, 0.2) is 60.7 Å². The van der Waals surface area contributed by atoms with Crippen molar-refractivity contribution in [3.63, 3.8) is 0 Å². The van der Waals surface area contributed by atoms with Gasteiger partial charge >= 0.3 is 0 Å². The van der Waals surface area contributed by atoms with Gasteiger partial charge in [-0.25, -0.2) is 0 Å². The number of benzene rings is 2. The van der Waals surface area contributed by atoms with Crippen LogP contribution in [0.3, 0.4) is 0 Å². The van der Waals surface area contributed by atoms with Gasteiger partial charge in [0.15, 0.2) is 0 Å². The second kappa shape index (κ2) is 6.00. The molecule has 0 radical (unpaired) electrons. The van der Waals surface area contributed by atoms with Gasteiger partial charge in [0.2, 0.25) is 0 Å². The van der Waals surface area contributed by atoms with Crippen molar-refractivity contribution in [1.29, 1.82) is 0 Å². The third-order valence-electron chi connectivity index (χ3n) is 4.65. The maximum atomic E-state index is 12.5. The van der Waals surface area contributed by atoms with Gasteiger partial charge in [-0.05, 0) is 43.0 Å². The van der Waals surface area contributed by atoms with Crippen LogP contribution in [-0.2, 0) is 6.42 Å². The van der Waals surface area contributed by atoms with E-state index in [9.17, 15) is 4.79 Å². The number of nitrogens with zero attached hydrogens (tertiary/aromatic N) is 1. The highest BCUT2D eigenvalue weighted by atomic mass is 16.1. The Balaban J connectivity index is 2.02. The van der Waals surface area contributed by atoms with E-state index in [0.29, 0.717) is 0 Å². The first-order valence-corrected chi connectivity index (χ1v) is 8.40. The van der Waals surface area contributed by atoms with Gasteiger partial charge in [0.05, 0.1) is 11.3 Å². The standard InChI is InChI=1S/C21H20N2O/c1-15-8-5-6-11-18(15)23-19-12-7-13-22-21(24)17(19)14-20(23)16-9-3-2-4-10-16/h2-6,8-11,14H,7,12-13H2,1H3,(H,22,24). The normalized spacial score (nSPS) is 14.0. The van der Waals surface area contributed by atoms with Crippen LogP contribution < -0.4 is 5.32 Å². The van der Waals surface area contributed by atoms with E-state index in [1.54, 1.807) is 0 Å². The molecule has 3 nitrogen and oxygen atoms in total. The van der Waals surface area contributed by atoms with E-state index in [1.165, 1.54) is 5.56 Å². The predicted octanol–water partition coefficient (Wildman–Crippen LogP) is 4.13. The van der Waals surface area contributed by atoms with Gasteiger partial charge in [0.25, 0.3) is 5.91 Å². The first kappa shape index (κ1) is 14.8. The summed E-state index contributed by atoms with van der Waals surface area (Å²) in [6.45, 7) is 2.86. The Morgan fingerprint density at radius 2 is 1.75 bits per heavy atom. The lowest BCUT2D eigenvalue weighted by Gasteiger charge is -2.16. The zero-order valence-corrected chi connectivity index (χ0v) is 13.8. The summed E-state index contributed by atoms with van der Waals surface area (Å²) in [6.07, 6.45) is 1.86. The maximum Gasteiger partial charge on any atom is 0.253 e. The summed E-state index contributed by atoms with van der Waals surface area (Å²) in [7, 11) is 0. The van der Waals surface area contributed by atoms with Crippen molar-refractivity contribution in [2.45, 2.75) is 19.8 Å². The van der Waals surface area contributed by atoms with E-state index in [-0.39, 0.29) is 5.91 Å². The number of hydrogen-bond donors (Lipinski definition) is 1. The molecule has 4 rings (SSSR count). The minimum atomic E-state index is 0.0343. The number of nitrogens with one attached hydrogen (secondary N) is 1. The van der Waals surface area contributed by atoms with Gasteiger partial charge in [-0.3, -0.25) is 4.79 Å². The summed E-state index contributed by atoms with van der Waals surface area (Å²) in [6, 6.07) is 20.7. The molecule has 3 heteroatoms. The molecule has 0 aliphatic carbocycles. The summed E-state index contributed by atoms with van der Waals surface area (Å²) >= 11 is 0. The summed E-state index contributed by atoms with van der Waals surface area (Å²) in [5.41, 5.74) is 6.46. The second-order valence-electron chi connectivity index (χ2n) is 6.24. The molecule has 1 N–H and O–H groups in total. The van der Waals surface area contributed by atoms with Crippen LogP contribution in [0.5, 0.6) is 0 Å². The summed E-state index contributed by atoms with van der Waals surface area (Å²) in [5, 5.41) is 3.01. The van der Waals surface area contributed by atoms with Crippen LogP contribution in [0.25, 0.3) is 16.9 Å². The Morgan fingerprint density at radius 3 is 2.54 bits per heavy atom. The molecule has 2 aromatic carbocycles. The quantitative estimate of drug-likeness (QED) is 0.758. The highest BCUT2D eigenvalue weighted by molar-refractivity contribution is 5.97. The molecule has 0 bridgehead atoms. The Kier molecular flexibility index (Phi) is 3.69. The number of carbonyl (C=O) groups excluding carboxylic acids is 1. The molecule has 1 aromatic heterocycles. The third kappa shape index (κ3) is 2.42. The number of aryl methyl sites for hydroxylation is 1. The molecule has 1 aliphatic heterocycles. The minimum absolute atomic E-state index is 0.0343. The molecule has 24 heavy (non-hydrogen) atoms. The van der Waals surface area contributed by atoms with Crippen molar-refractivity contribution in [2.75, 3.05) is 6.54 Å². The first-order valence-electron chi connectivity index (χ1n) is 8.40. The number of carbonyl (C=O) groups is 1. The van der Waals surface area contributed by atoms with Gasteiger partial charge in [-0.15, -0.1) is 0 Å². The average molecular weight is 316 g/mol. The van der Waals surface area contributed by atoms with E-state index >= 15 is 0 Å². The highest BCUT2D eigenvalue weighted by Crippen LogP contribution is 2.32. The molecule has 0 fully saturated rings. The third-order valence-corrected chi connectivity index (χ3v) is 4.65. The molecular formula is C21H20N2O. The van der Waals surface area contributed by atoms with Crippen molar-refractivity contribution in [3.05, 3.63) is 77.5 Å². The first-order chi connectivity index (χ1) is 11.8. The van der Waals surface area contributed by atoms with E-state index in [4.69, 9.17) is 0 Å². The number of hydrogen-bond acceptors (Lipinski definition) is 1. The Labute approximate surface area is 141 Å². The summed E-state index contributed by atoms with van der Waals surface area (Å²) in [4.78, 5) is 12.5. The lowest BCUT2D eigenvalue weighted by molar-refractivity contribution is 0.0956. The largest absolute Gasteiger partial charge is 0.352 e. The predicted molar refractivity (Wildman–Crippen MR) is 96.6 cm³/mol. The monoisotopic (exact) mass is 316 g/mol. The fourth-order valence-corrected chi connectivity index (χ4v) is 3.46. The Morgan fingerprint density at radius 1 is 1.00 bits per heavy atom. The topological polar surface area (TPSA) is 34.0 Å². The van der Waals surface area contributed by atoms with Crippen LogP contribution in [0.4, 0.5) is 0 Å². The molecule has 0 saturated heterocycles. The van der Waals surface area contributed by atoms with Crippen molar-refractivity contribution in [3.8, 4) is 16.9 Å². The van der Waals surface area contributed by atoms with E-state index in [0.717, 1.165) is 47.6 Å². The van der Waals surface area contributed by atoms with Crippen LogP contribution in [0, 0.1) is 6.92 Å². The fraction of sp³-hybridized carbons (Fsp3) is 0.190. The van der Waals surface area contributed by atoms with Gasteiger partial charge < -0.3 is 9.88 Å². The Hall–Kier alpha value is -2.81. The zero-order chi connectivity index (χ0) is 16.5. The van der Waals surface area contributed by atoms with Gasteiger partial charge in [-0.1, -0.05) is 48.5 Å². The Bertz CT molecular complexity index is 893. The molecule has 2 heterocycles. The van der Waals surface area contributed by atoms with Crippen molar-refractivity contribution in [1.82, 2.24) is 9.88 Å². The van der Waals surface area contributed by atoms with Gasteiger partial charge in [0, 0.05) is 17.9 Å². The number of amides is 1. The number of rotatable bonds is 2. The van der Waals surface area contributed by atoms with Crippen molar-refractivity contribution >= 4 is 5.91 Å². The minimum Gasteiger partial charge on any atom is -0.352 e. The van der Waals surface area contributed by atoms with Crippen LogP contribution >= 0.6 is 0 Å². The van der Waals surface area contributed by atoms with Gasteiger partial charge in [-0.2, -0.15) is 0 Å². The molecule has 3 aromatic rings. The molecule has 0 spiro atoms. The molecule has 0 unspecified atom stereocenters. The zero-order valence-electron chi connectivity index (χ0n) is 13.8. The van der Waals surface area contributed by atoms with Gasteiger partial charge in [0.1, 0.15) is 0 Å². The van der Waals surface area contributed by atoms with E-state index in [2.05, 4.69) is 53.2 Å². The summed E-state index contributed by atoms with van der Waals surface area (Å²) < 4.78 is 2.27. The SMILES string of the molecule is Cc1ccccc1-n1c(-c2ccccc2)cc2c1CCCNC2=O.